The predicted octanol–water partition coefficient (Wildman–Crippen LogP) is 6.22. The van der Waals surface area contributed by atoms with Gasteiger partial charge in [0.15, 0.2) is 0 Å². The van der Waals surface area contributed by atoms with E-state index < -0.39 is 11.9 Å². The van der Waals surface area contributed by atoms with Crippen molar-refractivity contribution in [3.8, 4) is 0 Å². The Hall–Kier alpha value is -2.36. The van der Waals surface area contributed by atoms with E-state index in [2.05, 4.69) is 37.8 Å². The highest BCUT2D eigenvalue weighted by Crippen LogP contribution is 2.37. The number of esters is 2. The Bertz CT molecular complexity index is 709. The Morgan fingerprint density at radius 3 is 2.33 bits per heavy atom. The van der Waals surface area contributed by atoms with Gasteiger partial charge >= 0.3 is 11.9 Å². The number of carbonyl (C=O) groups is 2. The minimum Gasteiger partial charge on any atom is -0.459 e. The van der Waals surface area contributed by atoms with E-state index in [-0.39, 0.29) is 13.2 Å². The Morgan fingerprint density at radius 1 is 1.03 bits per heavy atom. The summed E-state index contributed by atoms with van der Waals surface area (Å²) in [6, 6.07) is 8.48. The Morgan fingerprint density at radius 2 is 1.70 bits per heavy atom. The maximum Gasteiger partial charge on any atom is 0.333 e. The van der Waals surface area contributed by atoms with Gasteiger partial charge in [-0.1, -0.05) is 63.5 Å². The van der Waals surface area contributed by atoms with Crippen molar-refractivity contribution < 1.29 is 19.1 Å². The SMILES string of the molecule is C=C(C)C(=O)OCCOC(=O)/C=C/c1ccc(C2CCC(CCCCC)CC2)cc1. The third-order valence-corrected chi connectivity index (χ3v) is 5.79. The Labute approximate surface area is 181 Å². The fraction of sp³-hybridized carbons (Fsp3) is 0.538. The van der Waals surface area contributed by atoms with Gasteiger partial charge in [0, 0.05) is 11.6 Å². The van der Waals surface area contributed by atoms with Crippen molar-refractivity contribution in [2.75, 3.05) is 13.2 Å². The van der Waals surface area contributed by atoms with Gasteiger partial charge in [-0.2, -0.15) is 0 Å². The lowest BCUT2D eigenvalue weighted by atomic mass is 9.77. The van der Waals surface area contributed by atoms with Crippen molar-refractivity contribution in [1.29, 1.82) is 0 Å². The molecule has 0 spiro atoms. The molecule has 2 rings (SSSR count). The molecule has 4 nitrogen and oxygen atoms in total. The normalized spacial score (nSPS) is 18.9. The molecule has 1 aromatic rings. The van der Waals surface area contributed by atoms with Gasteiger partial charge in [0.2, 0.25) is 0 Å². The highest BCUT2D eigenvalue weighted by Gasteiger charge is 2.21. The summed E-state index contributed by atoms with van der Waals surface area (Å²) in [5.74, 6) is 0.654. The smallest absolute Gasteiger partial charge is 0.333 e. The summed E-state index contributed by atoms with van der Waals surface area (Å²) in [5.41, 5.74) is 2.70. The number of rotatable bonds is 11. The minimum atomic E-state index is -0.480. The predicted molar refractivity (Wildman–Crippen MR) is 121 cm³/mol. The first-order valence-electron chi connectivity index (χ1n) is 11.3. The zero-order valence-corrected chi connectivity index (χ0v) is 18.5. The highest BCUT2D eigenvalue weighted by atomic mass is 16.6. The molecule has 0 aromatic heterocycles. The van der Waals surface area contributed by atoms with E-state index in [1.807, 2.05) is 0 Å². The molecule has 0 radical (unpaired) electrons. The zero-order chi connectivity index (χ0) is 21.8. The van der Waals surface area contributed by atoms with Gasteiger partial charge in [0.05, 0.1) is 0 Å². The molecule has 30 heavy (non-hydrogen) atoms. The summed E-state index contributed by atoms with van der Waals surface area (Å²) in [6.45, 7) is 7.39. The fourth-order valence-electron chi connectivity index (χ4n) is 3.96. The van der Waals surface area contributed by atoms with Crippen LogP contribution in [0.1, 0.15) is 82.3 Å². The van der Waals surface area contributed by atoms with Crippen molar-refractivity contribution in [3.05, 3.63) is 53.6 Å². The van der Waals surface area contributed by atoms with E-state index in [0.717, 1.165) is 11.5 Å². The van der Waals surface area contributed by atoms with E-state index in [1.165, 1.54) is 63.0 Å². The number of hydrogen-bond acceptors (Lipinski definition) is 4. The second-order valence-electron chi connectivity index (χ2n) is 8.30. The Kier molecular flexibility index (Phi) is 10.4. The molecule has 1 aliphatic rings. The van der Waals surface area contributed by atoms with Crippen LogP contribution >= 0.6 is 0 Å². The third-order valence-electron chi connectivity index (χ3n) is 5.79. The van der Waals surface area contributed by atoms with Crippen LogP contribution in [-0.4, -0.2) is 25.2 Å². The third kappa shape index (κ3) is 8.56. The van der Waals surface area contributed by atoms with Crippen LogP contribution in [-0.2, 0) is 19.1 Å². The molecule has 1 aliphatic carbocycles. The molecule has 0 bridgehead atoms. The van der Waals surface area contributed by atoms with Crippen LogP contribution in [0.4, 0.5) is 0 Å². The van der Waals surface area contributed by atoms with Gasteiger partial charge in [0.25, 0.3) is 0 Å². The molecular weight excluding hydrogens is 376 g/mol. The molecule has 0 aliphatic heterocycles. The van der Waals surface area contributed by atoms with Gasteiger partial charge in [-0.05, 0) is 61.6 Å². The summed E-state index contributed by atoms with van der Waals surface area (Å²) in [7, 11) is 0. The van der Waals surface area contributed by atoms with Crippen LogP contribution in [0, 0.1) is 5.92 Å². The van der Waals surface area contributed by atoms with Crippen LogP contribution in [0.3, 0.4) is 0 Å². The van der Waals surface area contributed by atoms with Crippen molar-refractivity contribution in [2.45, 2.75) is 71.1 Å². The van der Waals surface area contributed by atoms with Crippen LogP contribution < -0.4 is 0 Å². The number of carbonyl (C=O) groups excluding carboxylic acids is 2. The van der Waals surface area contributed by atoms with E-state index >= 15 is 0 Å². The van der Waals surface area contributed by atoms with E-state index in [0.29, 0.717) is 11.5 Å². The molecule has 0 N–H and O–H groups in total. The first kappa shape index (κ1) is 23.9. The Balaban J connectivity index is 1.70. The molecule has 1 aromatic carbocycles. The molecule has 4 heteroatoms. The van der Waals surface area contributed by atoms with Crippen molar-refractivity contribution in [3.63, 3.8) is 0 Å². The van der Waals surface area contributed by atoms with Crippen LogP contribution in [0.2, 0.25) is 0 Å². The quantitative estimate of drug-likeness (QED) is 0.246. The van der Waals surface area contributed by atoms with Crippen molar-refractivity contribution in [1.82, 2.24) is 0 Å². The monoisotopic (exact) mass is 412 g/mol. The summed E-state index contributed by atoms with van der Waals surface area (Å²) in [4.78, 5) is 23.0. The van der Waals surface area contributed by atoms with Crippen LogP contribution in [0.5, 0.6) is 0 Å². The van der Waals surface area contributed by atoms with Crippen LogP contribution in [0.25, 0.3) is 6.08 Å². The van der Waals surface area contributed by atoms with E-state index in [4.69, 9.17) is 9.47 Å². The van der Waals surface area contributed by atoms with Crippen molar-refractivity contribution >= 4 is 18.0 Å². The van der Waals surface area contributed by atoms with Gasteiger partial charge in [0.1, 0.15) is 13.2 Å². The molecule has 0 amide bonds. The average Bonchev–Trinajstić information content (AvgIpc) is 2.76. The fourth-order valence-corrected chi connectivity index (χ4v) is 3.96. The molecule has 1 saturated carbocycles. The number of benzene rings is 1. The minimum absolute atomic E-state index is 0.0286. The largest absolute Gasteiger partial charge is 0.459 e. The molecule has 0 atom stereocenters. The lowest BCUT2D eigenvalue weighted by Crippen LogP contribution is -2.13. The number of ether oxygens (including phenoxy) is 2. The molecule has 164 valence electrons. The molecule has 1 fully saturated rings. The molecular formula is C26H36O4. The van der Waals surface area contributed by atoms with E-state index in [9.17, 15) is 9.59 Å². The summed E-state index contributed by atoms with van der Waals surface area (Å²) in [5, 5.41) is 0. The lowest BCUT2D eigenvalue weighted by Gasteiger charge is -2.29. The van der Waals surface area contributed by atoms with Crippen molar-refractivity contribution in [2.24, 2.45) is 5.92 Å². The van der Waals surface area contributed by atoms with Crippen LogP contribution in [0.15, 0.2) is 42.5 Å². The zero-order valence-electron chi connectivity index (χ0n) is 18.5. The standard InChI is InChI=1S/C26H36O4/c1-4-5-6-7-21-8-13-23(14-9-21)24-15-10-22(11-16-24)12-17-25(27)29-18-19-30-26(28)20(2)3/h10-12,15-17,21,23H,2,4-9,13-14,18-19H2,1,3H3/b17-12+. The number of hydrogen-bond donors (Lipinski definition) is 0. The summed E-state index contributed by atoms with van der Waals surface area (Å²) in [6.07, 6.45) is 13.9. The van der Waals surface area contributed by atoms with Gasteiger partial charge in [-0.3, -0.25) is 0 Å². The second-order valence-corrected chi connectivity index (χ2v) is 8.30. The second kappa shape index (κ2) is 13.0. The van der Waals surface area contributed by atoms with E-state index in [1.54, 1.807) is 13.0 Å². The lowest BCUT2D eigenvalue weighted by molar-refractivity contribution is -0.146. The topological polar surface area (TPSA) is 52.6 Å². The average molecular weight is 413 g/mol. The molecule has 0 saturated heterocycles. The van der Waals surface area contributed by atoms with Gasteiger partial charge in [-0.15, -0.1) is 0 Å². The summed E-state index contributed by atoms with van der Waals surface area (Å²) < 4.78 is 9.90. The first-order chi connectivity index (χ1) is 14.5. The molecule has 0 heterocycles. The first-order valence-corrected chi connectivity index (χ1v) is 11.3. The molecule has 0 unspecified atom stereocenters. The van der Waals surface area contributed by atoms with Gasteiger partial charge in [-0.25, -0.2) is 9.59 Å². The maximum absolute atomic E-state index is 11.8. The van der Waals surface area contributed by atoms with Gasteiger partial charge < -0.3 is 9.47 Å². The maximum atomic E-state index is 11.8. The number of unbranched alkanes of at least 4 members (excludes halogenated alkanes) is 2. The highest BCUT2D eigenvalue weighted by molar-refractivity contribution is 5.87. The summed E-state index contributed by atoms with van der Waals surface area (Å²) >= 11 is 0.